The van der Waals surface area contributed by atoms with Crippen LogP contribution < -0.4 is 10.6 Å². The maximum Gasteiger partial charge on any atom is 0.270 e. The highest BCUT2D eigenvalue weighted by atomic mass is 32.1. The summed E-state index contributed by atoms with van der Waals surface area (Å²) in [5.74, 6) is -1.24. The molecule has 3 aromatic rings. The lowest BCUT2D eigenvalue weighted by molar-refractivity contribution is -0.142. The summed E-state index contributed by atoms with van der Waals surface area (Å²) in [6.07, 6.45) is 0.794. The SMILES string of the molecule is Cc1ncsc1-c1ccc([C@H](C)NC(=O)[C@@H]2C[C@@H](O)CN2C(=O)[C@@H](NC(=O)c2ccccn2)C(C)(C)C)cc1. The van der Waals surface area contributed by atoms with Gasteiger partial charge in [0.15, 0.2) is 0 Å². The van der Waals surface area contributed by atoms with Crippen molar-refractivity contribution in [1.82, 2.24) is 25.5 Å². The highest BCUT2D eigenvalue weighted by molar-refractivity contribution is 7.13. The summed E-state index contributed by atoms with van der Waals surface area (Å²) in [5, 5.41) is 16.2. The molecular weight excluding hydrogens is 514 g/mol. The number of carbonyl (C=O) groups is 3. The normalized spacial score (nSPS) is 18.9. The third-order valence-electron chi connectivity index (χ3n) is 6.93. The highest BCUT2D eigenvalue weighted by Crippen LogP contribution is 2.29. The molecule has 0 unspecified atom stereocenters. The molecule has 4 rings (SSSR count). The van der Waals surface area contributed by atoms with Crippen LogP contribution in [0, 0.1) is 12.3 Å². The van der Waals surface area contributed by atoms with Crippen molar-refractivity contribution in [2.75, 3.05) is 6.54 Å². The van der Waals surface area contributed by atoms with Crippen LogP contribution in [0.2, 0.25) is 0 Å². The third kappa shape index (κ3) is 6.51. The molecule has 0 bridgehead atoms. The number of pyridine rings is 1. The molecule has 2 aromatic heterocycles. The van der Waals surface area contributed by atoms with Gasteiger partial charge in [0.2, 0.25) is 11.8 Å². The predicted molar refractivity (Wildman–Crippen MR) is 150 cm³/mol. The van der Waals surface area contributed by atoms with Gasteiger partial charge >= 0.3 is 0 Å². The number of aliphatic hydroxyl groups is 1. The topological polar surface area (TPSA) is 125 Å². The van der Waals surface area contributed by atoms with Crippen LogP contribution in [-0.4, -0.2) is 62.4 Å². The van der Waals surface area contributed by atoms with Gasteiger partial charge in [-0.1, -0.05) is 51.1 Å². The standard InChI is InChI=1S/C29H35N5O4S/c1-17(19-9-11-20(12-10-19)24-18(2)31-16-39-24)32-27(37)23-14-21(35)15-34(23)28(38)25(29(3,4)5)33-26(36)22-8-6-7-13-30-22/h6-13,16-17,21,23,25,35H,14-15H2,1-5H3,(H,32,37)(H,33,36)/t17-,21+,23-,25+/m0/s1. The minimum atomic E-state index is -0.923. The molecule has 39 heavy (non-hydrogen) atoms. The van der Waals surface area contributed by atoms with Crippen LogP contribution in [0.1, 0.15) is 61.9 Å². The van der Waals surface area contributed by atoms with Gasteiger partial charge in [-0.3, -0.25) is 19.4 Å². The molecule has 0 radical (unpaired) electrons. The molecular formula is C29H35N5O4S. The predicted octanol–water partition coefficient (Wildman–Crippen LogP) is 3.50. The summed E-state index contributed by atoms with van der Waals surface area (Å²) in [4.78, 5) is 50.8. The first kappa shape index (κ1) is 28.4. The van der Waals surface area contributed by atoms with Gasteiger partial charge < -0.3 is 20.6 Å². The second kappa shape index (κ2) is 11.6. The van der Waals surface area contributed by atoms with Gasteiger partial charge in [0.1, 0.15) is 17.8 Å². The van der Waals surface area contributed by atoms with E-state index in [2.05, 4.69) is 20.6 Å². The molecule has 3 amide bonds. The number of hydrogen-bond acceptors (Lipinski definition) is 7. The largest absolute Gasteiger partial charge is 0.391 e. The van der Waals surface area contributed by atoms with Crippen LogP contribution in [-0.2, 0) is 9.59 Å². The van der Waals surface area contributed by atoms with E-state index in [0.29, 0.717) is 0 Å². The molecule has 1 aliphatic rings. The Balaban J connectivity index is 1.47. The fourth-order valence-corrected chi connectivity index (χ4v) is 5.53. The Labute approximate surface area is 232 Å². The molecule has 0 aliphatic carbocycles. The van der Waals surface area contributed by atoms with E-state index in [1.165, 1.54) is 11.1 Å². The average Bonchev–Trinajstić information content (AvgIpc) is 3.52. The molecule has 4 atom stereocenters. The van der Waals surface area contributed by atoms with Gasteiger partial charge in [0, 0.05) is 19.2 Å². The molecule has 206 valence electrons. The molecule has 1 fully saturated rings. The van der Waals surface area contributed by atoms with Crippen LogP contribution in [0.3, 0.4) is 0 Å². The highest BCUT2D eigenvalue weighted by Gasteiger charge is 2.44. The van der Waals surface area contributed by atoms with Crippen molar-refractivity contribution in [2.24, 2.45) is 5.41 Å². The van der Waals surface area contributed by atoms with Crippen molar-refractivity contribution in [1.29, 1.82) is 0 Å². The Morgan fingerprint density at radius 2 is 1.79 bits per heavy atom. The molecule has 1 aliphatic heterocycles. The summed E-state index contributed by atoms with van der Waals surface area (Å²) < 4.78 is 0. The lowest BCUT2D eigenvalue weighted by atomic mass is 9.85. The van der Waals surface area contributed by atoms with Gasteiger partial charge in [0.05, 0.1) is 28.2 Å². The van der Waals surface area contributed by atoms with Crippen molar-refractivity contribution in [3.63, 3.8) is 0 Å². The lowest BCUT2D eigenvalue weighted by Gasteiger charge is -2.35. The summed E-state index contributed by atoms with van der Waals surface area (Å²) in [7, 11) is 0. The van der Waals surface area contributed by atoms with Gasteiger partial charge in [-0.25, -0.2) is 4.98 Å². The van der Waals surface area contributed by atoms with Gasteiger partial charge in [0.25, 0.3) is 5.91 Å². The van der Waals surface area contributed by atoms with E-state index in [1.54, 1.807) is 29.5 Å². The Bertz CT molecular complexity index is 1320. The summed E-state index contributed by atoms with van der Waals surface area (Å²) in [5.41, 5.74) is 4.32. The number of likely N-dealkylation sites (tertiary alicyclic amines) is 1. The number of nitrogens with one attached hydrogen (secondary N) is 2. The minimum absolute atomic E-state index is 0.0141. The maximum absolute atomic E-state index is 13.7. The fraction of sp³-hybridized carbons (Fsp3) is 0.414. The van der Waals surface area contributed by atoms with Gasteiger partial charge in [-0.05, 0) is 42.5 Å². The number of β-amino-alcohol motifs (C(OH)–C–C–N with tert-alkyl or cyclic N) is 1. The number of carbonyl (C=O) groups excluding carboxylic acids is 3. The summed E-state index contributed by atoms with van der Waals surface area (Å²) in [6.45, 7) is 9.40. The van der Waals surface area contributed by atoms with E-state index < -0.39 is 35.4 Å². The van der Waals surface area contributed by atoms with Crippen LogP contribution >= 0.6 is 11.3 Å². The fourth-order valence-electron chi connectivity index (χ4n) is 4.72. The molecule has 1 saturated heterocycles. The molecule has 3 N–H and O–H groups in total. The lowest BCUT2D eigenvalue weighted by Crippen LogP contribution is -2.57. The summed E-state index contributed by atoms with van der Waals surface area (Å²) >= 11 is 1.58. The Kier molecular flexibility index (Phi) is 8.46. The summed E-state index contributed by atoms with van der Waals surface area (Å²) in [6, 6.07) is 10.8. The van der Waals surface area contributed by atoms with E-state index in [1.807, 2.05) is 64.4 Å². The second-order valence-corrected chi connectivity index (χ2v) is 11.9. The van der Waals surface area contributed by atoms with E-state index in [-0.39, 0.29) is 30.6 Å². The van der Waals surface area contributed by atoms with E-state index in [0.717, 1.165) is 21.7 Å². The quantitative estimate of drug-likeness (QED) is 0.414. The molecule has 9 nitrogen and oxygen atoms in total. The third-order valence-corrected chi connectivity index (χ3v) is 7.91. The smallest absolute Gasteiger partial charge is 0.270 e. The number of aryl methyl sites for hydroxylation is 1. The van der Waals surface area contributed by atoms with Gasteiger partial charge in [-0.2, -0.15) is 0 Å². The van der Waals surface area contributed by atoms with Crippen molar-refractivity contribution in [3.05, 3.63) is 71.1 Å². The van der Waals surface area contributed by atoms with Crippen molar-refractivity contribution < 1.29 is 19.5 Å². The number of nitrogens with zero attached hydrogens (tertiary/aromatic N) is 3. The Morgan fingerprint density at radius 3 is 2.38 bits per heavy atom. The van der Waals surface area contributed by atoms with Crippen LogP contribution in [0.5, 0.6) is 0 Å². The molecule has 0 saturated carbocycles. The zero-order chi connectivity index (χ0) is 28.3. The molecule has 10 heteroatoms. The zero-order valence-electron chi connectivity index (χ0n) is 22.8. The molecule has 0 spiro atoms. The van der Waals surface area contributed by atoms with E-state index in [9.17, 15) is 19.5 Å². The van der Waals surface area contributed by atoms with Crippen LogP contribution in [0.4, 0.5) is 0 Å². The number of aromatic nitrogens is 2. The first-order chi connectivity index (χ1) is 18.5. The minimum Gasteiger partial charge on any atom is -0.391 e. The molecule has 3 heterocycles. The monoisotopic (exact) mass is 549 g/mol. The molecule has 1 aromatic carbocycles. The number of aliphatic hydroxyl groups excluding tert-OH is 1. The van der Waals surface area contributed by atoms with Crippen LogP contribution in [0.25, 0.3) is 10.4 Å². The number of thiazole rings is 1. The average molecular weight is 550 g/mol. The van der Waals surface area contributed by atoms with Crippen molar-refractivity contribution >= 4 is 29.1 Å². The van der Waals surface area contributed by atoms with E-state index >= 15 is 0 Å². The first-order valence-corrected chi connectivity index (χ1v) is 13.8. The van der Waals surface area contributed by atoms with Crippen molar-refractivity contribution in [2.45, 2.75) is 65.3 Å². The number of amides is 3. The number of rotatable bonds is 7. The maximum atomic E-state index is 13.7. The number of hydrogen-bond donors (Lipinski definition) is 3. The second-order valence-electron chi connectivity index (χ2n) is 11.0. The van der Waals surface area contributed by atoms with Crippen LogP contribution in [0.15, 0.2) is 54.2 Å². The number of benzene rings is 1. The van der Waals surface area contributed by atoms with E-state index in [4.69, 9.17) is 0 Å². The van der Waals surface area contributed by atoms with Crippen molar-refractivity contribution in [3.8, 4) is 10.4 Å². The Morgan fingerprint density at radius 1 is 1.08 bits per heavy atom. The van der Waals surface area contributed by atoms with Gasteiger partial charge in [-0.15, -0.1) is 11.3 Å². The Hall–Kier alpha value is -3.63. The first-order valence-electron chi connectivity index (χ1n) is 13.0. The zero-order valence-corrected chi connectivity index (χ0v) is 23.7.